The van der Waals surface area contributed by atoms with Crippen LogP contribution in [-0.2, 0) is 6.42 Å². The summed E-state index contributed by atoms with van der Waals surface area (Å²) < 4.78 is 10.8. The summed E-state index contributed by atoms with van der Waals surface area (Å²) in [5, 5.41) is 16.2. The standard InChI is InChI=1S/C19H27N3O3.HI/c1-5-20-19(22-14(3)17-9-6-13(2)25-17)21-11-10-15-7-8-16(23)18(12-15)24-4;/h6-9,12,14,23H,5,10-11H2,1-4H3,(H2,20,21,22);1H. The van der Waals surface area contributed by atoms with Gasteiger partial charge in [0.15, 0.2) is 17.5 Å². The minimum atomic E-state index is 0. The van der Waals surface area contributed by atoms with Crippen molar-refractivity contribution in [1.29, 1.82) is 0 Å². The first-order chi connectivity index (χ1) is 12.0. The number of aromatic hydroxyl groups is 1. The molecule has 0 fully saturated rings. The highest BCUT2D eigenvalue weighted by Crippen LogP contribution is 2.26. The molecule has 26 heavy (non-hydrogen) atoms. The number of hydrogen-bond acceptors (Lipinski definition) is 4. The average Bonchev–Trinajstić information content (AvgIpc) is 3.03. The quantitative estimate of drug-likeness (QED) is 0.324. The van der Waals surface area contributed by atoms with E-state index in [2.05, 4.69) is 15.6 Å². The van der Waals surface area contributed by atoms with Gasteiger partial charge in [-0.3, -0.25) is 4.99 Å². The molecule has 0 bridgehead atoms. The number of aryl methyl sites for hydroxylation is 1. The lowest BCUT2D eigenvalue weighted by Gasteiger charge is -2.16. The van der Waals surface area contributed by atoms with Gasteiger partial charge >= 0.3 is 0 Å². The molecule has 144 valence electrons. The van der Waals surface area contributed by atoms with Gasteiger partial charge in [-0.2, -0.15) is 0 Å². The van der Waals surface area contributed by atoms with Crippen molar-refractivity contribution in [3.63, 3.8) is 0 Å². The Morgan fingerprint density at radius 3 is 2.69 bits per heavy atom. The highest BCUT2D eigenvalue weighted by atomic mass is 127. The van der Waals surface area contributed by atoms with Crippen molar-refractivity contribution in [1.82, 2.24) is 10.6 Å². The zero-order valence-corrected chi connectivity index (χ0v) is 18.0. The van der Waals surface area contributed by atoms with Crippen LogP contribution in [0.1, 0.15) is 37.0 Å². The van der Waals surface area contributed by atoms with Crippen molar-refractivity contribution in [3.05, 3.63) is 47.4 Å². The molecule has 6 nitrogen and oxygen atoms in total. The summed E-state index contributed by atoms with van der Waals surface area (Å²) in [7, 11) is 1.54. The number of hydrogen-bond donors (Lipinski definition) is 3. The van der Waals surface area contributed by atoms with E-state index in [9.17, 15) is 5.11 Å². The smallest absolute Gasteiger partial charge is 0.191 e. The third-order valence-electron chi connectivity index (χ3n) is 3.80. The molecule has 2 aromatic rings. The number of rotatable bonds is 7. The number of furan rings is 1. The van der Waals surface area contributed by atoms with Gasteiger partial charge in [0.05, 0.1) is 13.2 Å². The second-order valence-corrected chi connectivity index (χ2v) is 5.83. The van der Waals surface area contributed by atoms with Crippen LogP contribution < -0.4 is 15.4 Å². The van der Waals surface area contributed by atoms with Crippen molar-refractivity contribution in [2.24, 2.45) is 4.99 Å². The van der Waals surface area contributed by atoms with Gasteiger partial charge in [-0.15, -0.1) is 24.0 Å². The molecule has 0 spiro atoms. The van der Waals surface area contributed by atoms with Gasteiger partial charge in [0.25, 0.3) is 0 Å². The molecule has 0 saturated heterocycles. The fraction of sp³-hybridized carbons (Fsp3) is 0.421. The van der Waals surface area contributed by atoms with Crippen molar-refractivity contribution in [2.75, 3.05) is 20.2 Å². The number of phenolic OH excluding ortho intramolecular Hbond substituents is 1. The van der Waals surface area contributed by atoms with Crippen LogP contribution in [0.2, 0.25) is 0 Å². The van der Waals surface area contributed by atoms with Crippen LogP contribution in [-0.4, -0.2) is 31.3 Å². The fourth-order valence-corrected chi connectivity index (χ4v) is 2.46. The molecule has 1 heterocycles. The number of methoxy groups -OCH3 is 1. The van der Waals surface area contributed by atoms with Gasteiger partial charge < -0.3 is 24.9 Å². The summed E-state index contributed by atoms with van der Waals surface area (Å²) in [4.78, 5) is 4.61. The summed E-state index contributed by atoms with van der Waals surface area (Å²) in [6, 6.07) is 9.30. The second-order valence-electron chi connectivity index (χ2n) is 5.83. The Morgan fingerprint density at radius 1 is 1.31 bits per heavy atom. The van der Waals surface area contributed by atoms with Crippen LogP contribution in [0.3, 0.4) is 0 Å². The first-order valence-electron chi connectivity index (χ1n) is 8.50. The zero-order valence-electron chi connectivity index (χ0n) is 15.7. The van der Waals surface area contributed by atoms with E-state index in [0.29, 0.717) is 12.3 Å². The Balaban J connectivity index is 0.00000338. The molecule has 1 atom stereocenters. The predicted octanol–water partition coefficient (Wildman–Crippen LogP) is 3.78. The van der Waals surface area contributed by atoms with E-state index < -0.39 is 0 Å². The maximum Gasteiger partial charge on any atom is 0.191 e. The number of aliphatic imine (C=N–C) groups is 1. The van der Waals surface area contributed by atoms with Gasteiger partial charge in [-0.1, -0.05) is 6.07 Å². The molecule has 1 aromatic carbocycles. The SMILES string of the molecule is CCNC(=NCCc1ccc(O)c(OC)c1)NC(C)c1ccc(C)o1.I. The van der Waals surface area contributed by atoms with Crippen molar-refractivity contribution >= 4 is 29.9 Å². The number of ether oxygens (including phenoxy) is 1. The third kappa shape index (κ3) is 6.44. The maximum atomic E-state index is 9.65. The molecule has 0 amide bonds. The predicted molar refractivity (Wildman–Crippen MR) is 115 cm³/mol. The topological polar surface area (TPSA) is 79.0 Å². The molecule has 1 unspecified atom stereocenters. The van der Waals surface area contributed by atoms with Crippen LogP contribution in [0.4, 0.5) is 0 Å². The summed E-state index contributed by atoms with van der Waals surface area (Å²) in [6.07, 6.45) is 0.751. The van der Waals surface area contributed by atoms with E-state index in [1.165, 1.54) is 0 Å². The van der Waals surface area contributed by atoms with Crippen LogP contribution in [0.15, 0.2) is 39.7 Å². The first-order valence-corrected chi connectivity index (χ1v) is 8.50. The molecule has 0 saturated carbocycles. The van der Waals surface area contributed by atoms with Crippen LogP contribution in [0.25, 0.3) is 0 Å². The molecular weight excluding hydrogens is 445 g/mol. The maximum absolute atomic E-state index is 9.65. The van der Waals surface area contributed by atoms with Gasteiger partial charge in [-0.25, -0.2) is 0 Å². The normalized spacial score (nSPS) is 12.2. The number of benzene rings is 1. The largest absolute Gasteiger partial charge is 0.504 e. The number of nitrogens with zero attached hydrogens (tertiary/aromatic N) is 1. The molecule has 0 aliphatic heterocycles. The summed E-state index contributed by atoms with van der Waals surface area (Å²) in [6.45, 7) is 7.40. The number of phenols is 1. The van der Waals surface area contributed by atoms with Crippen LogP contribution in [0.5, 0.6) is 11.5 Å². The van der Waals surface area contributed by atoms with Gasteiger partial charge in [0.2, 0.25) is 0 Å². The Labute approximate surface area is 172 Å². The zero-order chi connectivity index (χ0) is 18.2. The van der Waals surface area contributed by atoms with E-state index in [1.54, 1.807) is 13.2 Å². The molecule has 3 N–H and O–H groups in total. The molecule has 0 aliphatic rings. The molecular formula is C19H28IN3O3. The molecule has 2 rings (SSSR count). The van der Waals surface area contributed by atoms with E-state index >= 15 is 0 Å². The van der Waals surface area contributed by atoms with Gasteiger partial charge in [-0.05, 0) is 57.0 Å². The minimum Gasteiger partial charge on any atom is -0.504 e. The lowest BCUT2D eigenvalue weighted by atomic mass is 10.1. The van der Waals surface area contributed by atoms with E-state index in [0.717, 1.165) is 36.0 Å². The Hall–Kier alpha value is -1.90. The molecule has 0 radical (unpaired) electrons. The lowest BCUT2D eigenvalue weighted by Crippen LogP contribution is -2.38. The Bertz CT molecular complexity index is 716. The molecule has 7 heteroatoms. The van der Waals surface area contributed by atoms with Gasteiger partial charge in [0.1, 0.15) is 11.5 Å². The monoisotopic (exact) mass is 473 g/mol. The summed E-state index contributed by atoms with van der Waals surface area (Å²) >= 11 is 0. The van der Waals surface area contributed by atoms with Gasteiger partial charge in [0, 0.05) is 13.1 Å². The van der Waals surface area contributed by atoms with Crippen molar-refractivity contribution < 1.29 is 14.3 Å². The minimum absolute atomic E-state index is 0. The first kappa shape index (κ1) is 22.1. The van der Waals surface area contributed by atoms with E-state index in [1.807, 2.05) is 45.0 Å². The summed E-state index contributed by atoms with van der Waals surface area (Å²) in [5.74, 6) is 3.15. The number of halogens is 1. The second kappa shape index (κ2) is 10.9. The van der Waals surface area contributed by atoms with E-state index in [4.69, 9.17) is 9.15 Å². The molecule has 1 aromatic heterocycles. The Kier molecular flexibility index (Phi) is 9.32. The molecule has 0 aliphatic carbocycles. The van der Waals surface area contributed by atoms with E-state index in [-0.39, 0.29) is 35.8 Å². The van der Waals surface area contributed by atoms with Crippen LogP contribution >= 0.6 is 24.0 Å². The highest BCUT2D eigenvalue weighted by Gasteiger charge is 2.11. The van der Waals surface area contributed by atoms with Crippen molar-refractivity contribution in [3.8, 4) is 11.5 Å². The van der Waals surface area contributed by atoms with Crippen LogP contribution in [0, 0.1) is 6.92 Å². The summed E-state index contributed by atoms with van der Waals surface area (Å²) in [5.41, 5.74) is 1.06. The van der Waals surface area contributed by atoms with Crippen molar-refractivity contribution in [2.45, 2.75) is 33.2 Å². The number of nitrogens with one attached hydrogen (secondary N) is 2. The third-order valence-corrected chi connectivity index (χ3v) is 3.80. The average molecular weight is 473 g/mol. The fourth-order valence-electron chi connectivity index (χ4n) is 2.46. The lowest BCUT2D eigenvalue weighted by molar-refractivity contribution is 0.373. The Morgan fingerprint density at radius 2 is 2.08 bits per heavy atom. The number of guanidine groups is 1. The highest BCUT2D eigenvalue weighted by molar-refractivity contribution is 14.0.